The van der Waals surface area contributed by atoms with Crippen LogP contribution < -0.4 is 10.6 Å². The summed E-state index contributed by atoms with van der Waals surface area (Å²) in [6.07, 6.45) is -3.34. The average molecular weight is 330 g/mol. The Hall–Kier alpha value is -1.60. The third kappa shape index (κ3) is 4.03. The number of ether oxygens (including phenoxy) is 1. The van der Waals surface area contributed by atoms with Crippen LogP contribution in [0, 0.1) is 0 Å². The smallest absolute Gasteiger partial charge is 0.368 e. The number of alkyl halides is 3. The predicted molar refractivity (Wildman–Crippen MR) is 79.8 cm³/mol. The van der Waals surface area contributed by atoms with Crippen LogP contribution in [0.5, 0.6) is 0 Å². The molecular formula is C16H21F3N2O2. The van der Waals surface area contributed by atoms with Crippen LogP contribution in [0.25, 0.3) is 0 Å². The van der Waals surface area contributed by atoms with Gasteiger partial charge >= 0.3 is 6.18 Å². The fourth-order valence-electron chi connectivity index (χ4n) is 2.75. The van der Waals surface area contributed by atoms with Crippen LogP contribution in [0.15, 0.2) is 24.3 Å². The molecule has 1 aliphatic rings. The monoisotopic (exact) mass is 330 g/mol. The average Bonchev–Trinajstić information content (AvgIpc) is 2.54. The van der Waals surface area contributed by atoms with Crippen molar-refractivity contribution in [2.75, 3.05) is 20.2 Å². The van der Waals surface area contributed by atoms with E-state index in [9.17, 15) is 18.0 Å². The van der Waals surface area contributed by atoms with Crippen molar-refractivity contribution < 1.29 is 22.7 Å². The maximum absolute atomic E-state index is 12.8. The van der Waals surface area contributed by atoms with Gasteiger partial charge in [0.2, 0.25) is 0 Å². The molecule has 1 saturated heterocycles. The van der Waals surface area contributed by atoms with Crippen molar-refractivity contribution in [1.29, 1.82) is 0 Å². The van der Waals surface area contributed by atoms with E-state index < -0.39 is 23.4 Å². The quantitative estimate of drug-likeness (QED) is 0.892. The molecule has 0 saturated carbocycles. The second-order valence-corrected chi connectivity index (χ2v) is 5.77. The lowest BCUT2D eigenvalue weighted by atomic mass is 9.90. The van der Waals surface area contributed by atoms with Crippen LogP contribution in [-0.2, 0) is 15.7 Å². The van der Waals surface area contributed by atoms with Gasteiger partial charge in [0, 0.05) is 7.11 Å². The molecule has 2 rings (SSSR count). The molecule has 23 heavy (non-hydrogen) atoms. The highest BCUT2D eigenvalue weighted by molar-refractivity contribution is 5.85. The summed E-state index contributed by atoms with van der Waals surface area (Å²) in [5.74, 6) is -0.286. The standard InChI is InChI=1S/C16H21F3N2O2/c1-11(12-4-3-5-13(10-12)16(17,18)19)21-14(22)15(23-2)6-8-20-9-7-15/h3-5,10-11,20H,6-9H2,1-2H3,(H,21,22). The number of carbonyl (C=O) groups excluding carboxylic acids is 1. The van der Waals surface area contributed by atoms with Gasteiger partial charge in [0.1, 0.15) is 5.60 Å². The number of rotatable bonds is 4. The van der Waals surface area contributed by atoms with Gasteiger partial charge in [0.15, 0.2) is 0 Å². The molecule has 2 N–H and O–H groups in total. The first kappa shape index (κ1) is 17.7. The maximum atomic E-state index is 12.8. The number of carbonyl (C=O) groups is 1. The van der Waals surface area contributed by atoms with Crippen molar-refractivity contribution in [3.8, 4) is 0 Å². The molecule has 7 heteroatoms. The Kier molecular flexibility index (Phi) is 5.31. The normalized spacial score (nSPS) is 19.2. The van der Waals surface area contributed by atoms with Crippen molar-refractivity contribution in [1.82, 2.24) is 10.6 Å². The van der Waals surface area contributed by atoms with E-state index in [1.807, 2.05) is 0 Å². The third-order valence-electron chi connectivity index (χ3n) is 4.28. The topological polar surface area (TPSA) is 50.4 Å². The molecule has 0 bridgehead atoms. The summed E-state index contributed by atoms with van der Waals surface area (Å²) in [6, 6.07) is 4.46. The highest BCUT2D eigenvalue weighted by Crippen LogP contribution is 2.31. The number of hydrogen-bond donors (Lipinski definition) is 2. The lowest BCUT2D eigenvalue weighted by Crippen LogP contribution is -2.54. The zero-order valence-corrected chi connectivity index (χ0v) is 13.2. The van der Waals surface area contributed by atoms with Gasteiger partial charge in [0.25, 0.3) is 5.91 Å². The van der Waals surface area contributed by atoms with Gasteiger partial charge in [-0.2, -0.15) is 13.2 Å². The molecule has 1 aromatic rings. The predicted octanol–water partition coefficient (Wildman–Crippen LogP) is 2.65. The van der Waals surface area contributed by atoms with Crippen molar-refractivity contribution in [3.63, 3.8) is 0 Å². The minimum Gasteiger partial charge on any atom is -0.368 e. The van der Waals surface area contributed by atoms with E-state index in [1.165, 1.54) is 13.2 Å². The first-order valence-electron chi connectivity index (χ1n) is 7.52. The first-order chi connectivity index (χ1) is 10.8. The molecule has 128 valence electrons. The lowest BCUT2D eigenvalue weighted by Gasteiger charge is -2.35. The molecule has 1 aromatic carbocycles. The number of hydrogen-bond acceptors (Lipinski definition) is 3. The Labute approximate surface area is 133 Å². The molecule has 1 unspecified atom stereocenters. The molecule has 4 nitrogen and oxygen atoms in total. The number of nitrogens with one attached hydrogen (secondary N) is 2. The molecule has 1 aliphatic heterocycles. The van der Waals surface area contributed by atoms with Crippen molar-refractivity contribution in [2.24, 2.45) is 0 Å². The first-order valence-corrected chi connectivity index (χ1v) is 7.52. The fraction of sp³-hybridized carbons (Fsp3) is 0.562. The van der Waals surface area contributed by atoms with E-state index in [0.717, 1.165) is 12.1 Å². The number of amides is 1. The molecule has 1 heterocycles. The second kappa shape index (κ2) is 6.88. The van der Waals surface area contributed by atoms with Gasteiger partial charge in [-0.15, -0.1) is 0 Å². The molecular weight excluding hydrogens is 309 g/mol. The summed E-state index contributed by atoms with van der Waals surface area (Å²) in [7, 11) is 1.49. The van der Waals surface area contributed by atoms with E-state index in [-0.39, 0.29) is 5.91 Å². The van der Waals surface area contributed by atoms with Crippen molar-refractivity contribution >= 4 is 5.91 Å². The number of piperidine rings is 1. The second-order valence-electron chi connectivity index (χ2n) is 5.77. The Morgan fingerprint density at radius 3 is 2.57 bits per heavy atom. The van der Waals surface area contributed by atoms with E-state index >= 15 is 0 Å². The molecule has 1 atom stereocenters. The van der Waals surface area contributed by atoms with Gasteiger partial charge in [0.05, 0.1) is 11.6 Å². The molecule has 0 aliphatic carbocycles. The van der Waals surface area contributed by atoms with E-state index in [0.29, 0.717) is 31.5 Å². The van der Waals surface area contributed by atoms with Gasteiger partial charge in [-0.25, -0.2) is 0 Å². The van der Waals surface area contributed by atoms with Gasteiger partial charge < -0.3 is 15.4 Å². The maximum Gasteiger partial charge on any atom is 0.416 e. The summed E-state index contributed by atoms with van der Waals surface area (Å²) >= 11 is 0. The zero-order chi connectivity index (χ0) is 17.1. The van der Waals surface area contributed by atoms with E-state index in [2.05, 4.69) is 10.6 Å². The Bertz CT molecular complexity index is 555. The summed E-state index contributed by atoms with van der Waals surface area (Å²) in [5, 5.41) is 5.93. The third-order valence-corrected chi connectivity index (χ3v) is 4.28. The van der Waals surface area contributed by atoms with Crippen LogP contribution in [0.3, 0.4) is 0 Å². The molecule has 0 radical (unpaired) electrons. The van der Waals surface area contributed by atoms with Gasteiger partial charge in [-0.1, -0.05) is 12.1 Å². The van der Waals surface area contributed by atoms with Gasteiger partial charge in [-0.05, 0) is 50.6 Å². The highest BCUT2D eigenvalue weighted by atomic mass is 19.4. The number of benzene rings is 1. The van der Waals surface area contributed by atoms with Crippen LogP contribution >= 0.6 is 0 Å². The largest absolute Gasteiger partial charge is 0.416 e. The minimum absolute atomic E-state index is 0.286. The Morgan fingerprint density at radius 1 is 1.35 bits per heavy atom. The van der Waals surface area contributed by atoms with E-state index in [4.69, 9.17) is 4.74 Å². The summed E-state index contributed by atoms with van der Waals surface area (Å²) < 4.78 is 43.8. The Morgan fingerprint density at radius 2 is 2.00 bits per heavy atom. The summed E-state index contributed by atoms with van der Waals surface area (Å²) in [4.78, 5) is 12.5. The van der Waals surface area contributed by atoms with Crippen LogP contribution in [0.1, 0.15) is 36.9 Å². The van der Waals surface area contributed by atoms with Crippen LogP contribution in [-0.4, -0.2) is 31.7 Å². The highest BCUT2D eigenvalue weighted by Gasteiger charge is 2.40. The molecule has 0 spiro atoms. The molecule has 0 aromatic heterocycles. The van der Waals surface area contributed by atoms with E-state index in [1.54, 1.807) is 13.0 Å². The number of methoxy groups -OCH3 is 1. The SMILES string of the molecule is COC1(C(=O)NC(C)c2cccc(C(F)(F)F)c2)CCNCC1. The molecule has 1 amide bonds. The fourth-order valence-corrected chi connectivity index (χ4v) is 2.75. The number of halogens is 3. The van der Waals surface area contributed by atoms with Crippen LogP contribution in [0.4, 0.5) is 13.2 Å². The summed E-state index contributed by atoms with van der Waals surface area (Å²) in [5.41, 5.74) is -1.23. The Balaban J connectivity index is 2.12. The summed E-state index contributed by atoms with van der Waals surface area (Å²) in [6.45, 7) is 3.00. The zero-order valence-electron chi connectivity index (χ0n) is 13.2. The van der Waals surface area contributed by atoms with Crippen LogP contribution in [0.2, 0.25) is 0 Å². The minimum atomic E-state index is -4.40. The molecule has 1 fully saturated rings. The van der Waals surface area contributed by atoms with Crippen molar-refractivity contribution in [2.45, 2.75) is 37.6 Å². The van der Waals surface area contributed by atoms with Crippen molar-refractivity contribution in [3.05, 3.63) is 35.4 Å². The van der Waals surface area contributed by atoms with Gasteiger partial charge in [-0.3, -0.25) is 4.79 Å². The lowest BCUT2D eigenvalue weighted by molar-refractivity contribution is -0.147.